The van der Waals surface area contributed by atoms with Crippen molar-refractivity contribution in [3.63, 3.8) is 0 Å². The van der Waals surface area contributed by atoms with Crippen LogP contribution in [0.1, 0.15) is 31.7 Å². The third-order valence-electron chi connectivity index (χ3n) is 4.28. The van der Waals surface area contributed by atoms with Crippen molar-refractivity contribution in [3.8, 4) is 0 Å². The van der Waals surface area contributed by atoms with Crippen LogP contribution in [0, 0.1) is 12.3 Å². The average molecular weight is 319 g/mol. The number of amides is 2. The number of carbonyl (C=O) groups excluding carboxylic acids is 2. The number of carbonyl (C=O) groups is 2. The molecule has 0 radical (unpaired) electrons. The average Bonchev–Trinajstić information content (AvgIpc) is 2.95. The largest absolute Gasteiger partial charge is 0.447 e. The van der Waals surface area contributed by atoms with Gasteiger partial charge in [0.25, 0.3) is 0 Å². The summed E-state index contributed by atoms with van der Waals surface area (Å²) in [5.41, 5.74) is 1.29. The Kier molecular flexibility index (Phi) is 6.16. The van der Waals surface area contributed by atoms with Crippen LogP contribution in [0.25, 0.3) is 0 Å². The molecular weight excluding hydrogens is 294 g/mol. The predicted molar refractivity (Wildman–Crippen MR) is 87.0 cm³/mol. The number of ether oxygens (including phenoxy) is 2. The number of imide groups is 1. The summed E-state index contributed by atoms with van der Waals surface area (Å²) in [5, 5.41) is 0. The molecule has 0 aliphatic carbocycles. The van der Waals surface area contributed by atoms with Crippen LogP contribution in [-0.2, 0) is 14.3 Å². The maximum absolute atomic E-state index is 11.9. The van der Waals surface area contributed by atoms with E-state index in [9.17, 15) is 9.59 Å². The lowest BCUT2D eigenvalue weighted by Crippen LogP contribution is -2.37. The lowest BCUT2D eigenvalue weighted by atomic mass is 9.79. The van der Waals surface area contributed by atoms with Crippen LogP contribution in [0.5, 0.6) is 0 Å². The number of hydrogen-bond acceptors (Lipinski definition) is 4. The molecular formula is C18H25NO4. The fourth-order valence-corrected chi connectivity index (χ4v) is 2.66. The van der Waals surface area contributed by atoms with Gasteiger partial charge in [-0.15, -0.1) is 0 Å². The standard InChI is InChI=1S/C11H17NO4.C7H8/c1-11(2-5-15-6-3-11)8-9(13)12-4-7-16-10(12)14;1-7-5-3-2-4-6-7/h2-8H2,1H3;2-6H,1H3. The first-order valence-electron chi connectivity index (χ1n) is 8.07. The third kappa shape index (κ3) is 5.36. The number of benzene rings is 1. The van der Waals surface area contributed by atoms with Crippen molar-refractivity contribution in [2.24, 2.45) is 5.41 Å². The Morgan fingerprint density at radius 2 is 1.83 bits per heavy atom. The van der Waals surface area contributed by atoms with Crippen LogP contribution in [0.15, 0.2) is 30.3 Å². The van der Waals surface area contributed by atoms with Gasteiger partial charge in [-0.25, -0.2) is 9.69 Å². The first-order valence-corrected chi connectivity index (χ1v) is 8.07. The van der Waals surface area contributed by atoms with Crippen LogP contribution in [-0.4, -0.2) is 43.3 Å². The summed E-state index contributed by atoms with van der Waals surface area (Å²) in [7, 11) is 0. The molecule has 23 heavy (non-hydrogen) atoms. The van der Waals surface area contributed by atoms with E-state index < -0.39 is 6.09 Å². The third-order valence-corrected chi connectivity index (χ3v) is 4.28. The quantitative estimate of drug-likeness (QED) is 0.840. The Bertz CT molecular complexity index is 523. The summed E-state index contributed by atoms with van der Waals surface area (Å²) in [4.78, 5) is 24.3. The van der Waals surface area contributed by atoms with Gasteiger partial charge in [0.15, 0.2) is 0 Å². The van der Waals surface area contributed by atoms with Gasteiger partial charge in [-0.3, -0.25) is 4.79 Å². The van der Waals surface area contributed by atoms with E-state index in [1.165, 1.54) is 10.5 Å². The van der Waals surface area contributed by atoms with E-state index in [0.29, 0.717) is 32.8 Å². The van der Waals surface area contributed by atoms with Gasteiger partial charge < -0.3 is 9.47 Å². The molecule has 126 valence electrons. The summed E-state index contributed by atoms with van der Waals surface area (Å²) in [6.45, 7) is 6.28. The minimum Gasteiger partial charge on any atom is -0.447 e. The first kappa shape index (κ1) is 17.5. The van der Waals surface area contributed by atoms with Gasteiger partial charge in [0.05, 0.1) is 6.54 Å². The van der Waals surface area contributed by atoms with Gasteiger partial charge in [0.1, 0.15) is 6.61 Å². The zero-order valence-corrected chi connectivity index (χ0v) is 13.9. The summed E-state index contributed by atoms with van der Waals surface area (Å²) in [5.74, 6) is -0.119. The highest BCUT2D eigenvalue weighted by molar-refractivity contribution is 5.93. The molecule has 5 nitrogen and oxygen atoms in total. The van der Waals surface area contributed by atoms with E-state index >= 15 is 0 Å². The summed E-state index contributed by atoms with van der Waals surface area (Å²) in [6.07, 6.45) is 1.66. The van der Waals surface area contributed by atoms with Crippen molar-refractivity contribution in [3.05, 3.63) is 35.9 Å². The molecule has 0 bridgehead atoms. The lowest BCUT2D eigenvalue weighted by molar-refractivity contribution is -0.131. The highest BCUT2D eigenvalue weighted by Gasteiger charge is 2.35. The molecule has 1 aromatic carbocycles. The SMILES string of the molecule is CC1(CC(=O)N2CCOC2=O)CCOCC1.Cc1ccccc1. The smallest absolute Gasteiger partial charge is 0.416 e. The Labute approximate surface area is 137 Å². The van der Waals surface area contributed by atoms with E-state index in [2.05, 4.69) is 26.0 Å². The number of hydrogen-bond donors (Lipinski definition) is 0. The van der Waals surface area contributed by atoms with E-state index in [1.807, 2.05) is 18.2 Å². The molecule has 2 fully saturated rings. The van der Waals surface area contributed by atoms with E-state index in [1.54, 1.807) is 0 Å². The van der Waals surface area contributed by atoms with Gasteiger partial charge in [-0.05, 0) is 25.2 Å². The topological polar surface area (TPSA) is 55.8 Å². The molecule has 0 atom stereocenters. The zero-order chi connectivity index (χ0) is 16.7. The first-order chi connectivity index (χ1) is 11.0. The lowest BCUT2D eigenvalue weighted by Gasteiger charge is -2.33. The number of rotatable bonds is 2. The fourth-order valence-electron chi connectivity index (χ4n) is 2.66. The second kappa shape index (κ2) is 8.11. The maximum atomic E-state index is 11.9. The molecule has 0 unspecified atom stereocenters. The molecule has 0 spiro atoms. The highest BCUT2D eigenvalue weighted by Crippen LogP contribution is 2.34. The molecule has 2 heterocycles. The van der Waals surface area contributed by atoms with E-state index in [-0.39, 0.29) is 11.3 Å². The van der Waals surface area contributed by atoms with E-state index in [0.717, 1.165) is 12.8 Å². The van der Waals surface area contributed by atoms with Gasteiger partial charge in [0, 0.05) is 19.6 Å². The van der Waals surface area contributed by atoms with Crippen LogP contribution in [0.4, 0.5) is 4.79 Å². The molecule has 0 aromatic heterocycles. The molecule has 5 heteroatoms. The summed E-state index contributed by atoms with van der Waals surface area (Å²) < 4.78 is 10.0. The second-order valence-corrected chi connectivity index (χ2v) is 6.41. The second-order valence-electron chi connectivity index (χ2n) is 6.41. The van der Waals surface area contributed by atoms with Crippen molar-refractivity contribution >= 4 is 12.0 Å². The molecule has 1 aromatic rings. The number of cyclic esters (lactones) is 1. The summed E-state index contributed by atoms with van der Waals surface area (Å²) >= 11 is 0. The highest BCUT2D eigenvalue weighted by atomic mass is 16.6. The van der Waals surface area contributed by atoms with Gasteiger partial charge in [-0.1, -0.05) is 42.8 Å². The van der Waals surface area contributed by atoms with Crippen LogP contribution in [0.3, 0.4) is 0 Å². The molecule has 2 amide bonds. The van der Waals surface area contributed by atoms with Gasteiger partial charge in [0.2, 0.25) is 5.91 Å². The van der Waals surface area contributed by atoms with Gasteiger partial charge >= 0.3 is 6.09 Å². The molecule has 0 N–H and O–H groups in total. The van der Waals surface area contributed by atoms with E-state index in [4.69, 9.17) is 9.47 Å². The Balaban J connectivity index is 0.000000229. The van der Waals surface area contributed by atoms with Crippen molar-refractivity contribution in [1.82, 2.24) is 4.90 Å². The van der Waals surface area contributed by atoms with Crippen molar-refractivity contribution in [2.75, 3.05) is 26.4 Å². The normalized spacial score (nSPS) is 19.6. The molecule has 2 saturated heterocycles. The number of nitrogens with zero attached hydrogens (tertiary/aromatic N) is 1. The summed E-state index contributed by atoms with van der Waals surface area (Å²) in [6, 6.07) is 10.3. The molecule has 3 rings (SSSR count). The predicted octanol–water partition coefficient (Wildman–Crippen LogP) is 3.17. The Morgan fingerprint density at radius 3 is 2.30 bits per heavy atom. The monoisotopic (exact) mass is 319 g/mol. The van der Waals surface area contributed by atoms with Crippen molar-refractivity contribution < 1.29 is 19.1 Å². The number of aryl methyl sites for hydroxylation is 1. The van der Waals surface area contributed by atoms with Crippen LogP contribution >= 0.6 is 0 Å². The van der Waals surface area contributed by atoms with Crippen LogP contribution < -0.4 is 0 Å². The minimum absolute atomic E-state index is 0.0296. The van der Waals surface area contributed by atoms with Crippen LogP contribution in [0.2, 0.25) is 0 Å². The maximum Gasteiger partial charge on any atom is 0.416 e. The Morgan fingerprint density at radius 1 is 1.17 bits per heavy atom. The van der Waals surface area contributed by atoms with Gasteiger partial charge in [-0.2, -0.15) is 0 Å². The molecule has 2 aliphatic rings. The van der Waals surface area contributed by atoms with Crippen molar-refractivity contribution in [2.45, 2.75) is 33.1 Å². The van der Waals surface area contributed by atoms with Crippen molar-refractivity contribution in [1.29, 1.82) is 0 Å². The fraction of sp³-hybridized carbons (Fsp3) is 0.556. The molecule has 2 aliphatic heterocycles. The Hall–Kier alpha value is -1.88. The molecule has 0 saturated carbocycles. The minimum atomic E-state index is -0.499. The zero-order valence-electron chi connectivity index (χ0n) is 13.9.